The van der Waals surface area contributed by atoms with E-state index in [4.69, 9.17) is 6.42 Å². The number of rotatable bonds is 6. The van der Waals surface area contributed by atoms with Gasteiger partial charge >= 0.3 is 0 Å². The minimum absolute atomic E-state index is 0.00256. The molecule has 6 nitrogen and oxygen atoms in total. The maximum atomic E-state index is 12.8. The zero-order valence-corrected chi connectivity index (χ0v) is 16.9. The van der Waals surface area contributed by atoms with Crippen LogP contribution < -0.4 is 10.6 Å². The number of nitrogens with one attached hydrogen (secondary N) is 2. The van der Waals surface area contributed by atoms with Crippen LogP contribution in [0.3, 0.4) is 0 Å². The largest absolute Gasteiger partial charge is 0.356 e. The van der Waals surface area contributed by atoms with Gasteiger partial charge in [-0.15, -0.1) is 12.3 Å². The molecule has 1 heterocycles. The second kappa shape index (κ2) is 7.46. The van der Waals surface area contributed by atoms with Gasteiger partial charge in [0, 0.05) is 25.4 Å². The molecule has 0 aromatic carbocycles. The molecule has 27 heavy (non-hydrogen) atoms. The third kappa shape index (κ3) is 3.73. The van der Waals surface area contributed by atoms with Crippen LogP contribution in [0.4, 0.5) is 0 Å². The third-order valence-corrected chi connectivity index (χ3v) is 9.40. The van der Waals surface area contributed by atoms with Gasteiger partial charge < -0.3 is 10.6 Å². The highest BCUT2D eigenvalue weighted by Crippen LogP contribution is 2.50. The molecule has 3 rings (SSSR count). The fourth-order valence-electron chi connectivity index (χ4n) is 4.88. The molecule has 1 saturated heterocycles. The second-order valence-corrected chi connectivity index (χ2v) is 11.1. The smallest absolute Gasteiger partial charge is 0.227 e. The molecular formula is C20H30N2O4S. The molecule has 7 heteroatoms. The number of hydrogen-bond acceptors (Lipinski definition) is 4. The Bertz CT molecular complexity index is 742. The number of amides is 2. The van der Waals surface area contributed by atoms with Crippen LogP contribution in [0.2, 0.25) is 0 Å². The molecule has 0 aromatic heterocycles. The van der Waals surface area contributed by atoms with Crippen LogP contribution in [0, 0.1) is 23.7 Å². The van der Waals surface area contributed by atoms with Gasteiger partial charge in [0.25, 0.3) is 0 Å². The van der Waals surface area contributed by atoms with E-state index in [2.05, 4.69) is 16.6 Å². The lowest BCUT2D eigenvalue weighted by Gasteiger charge is -2.51. The summed E-state index contributed by atoms with van der Waals surface area (Å²) in [5.74, 6) is 2.93. The summed E-state index contributed by atoms with van der Waals surface area (Å²) in [6.07, 6.45) is 11.1. The molecule has 2 saturated carbocycles. The predicted molar refractivity (Wildman–Crippen MR) is 103 cm³/mol. The van der Waals surface area contributed by atoms with Crippen LogP contribution >= 0.6 is 0 Å². The maximum Gasteiger partial charge on any atom is 0.227 e. The molecule has 1 atom stereocenters. The summed E-state index contributed by atoms with van der Waals surface area (Å²) in [5.41, 5.74) is -0.440. The zero-order valence-electron chi connectivity index (χ0n) is 16.1. The van der Waals surface area contributed by atoms with Crippen LogP contribution in [-0.2, 0) is 19.4 Å². The number of hydrogen-bond donors (Lipinski definition) is 2. The van der Waals surface area contributed by atoms with E-state index >= 15 is 0 Å². The molecule has 0 aromatic rings. The first-order chi connectivity index (χ1) is 12.8. The van der Waals surface area contributed by atoms with Crippen LogP contribution in [0.1, 0.15) is 64.7 Å². The summed E-state index contributed by atoms with van der Waals surface area (Å²) in [6.45, 7) is 2.33. The van der Waals surface area contributed by atoms with E-state index in [0.29, 0.717) is 45.1 Å². The van der Waals surface area contributed by atoms with Gasteiger partial charge in [-0.25, -0.2) is 8.42 Å². The van der Waals surface area contributed by atoms with E-state index in [0.717, 1.165) is 19.3 Å². The van der Waals surface area contributed by atoms with E-state index in [1.807, 2.05) is 0 Å². The summed E-state index contributed by atoms with van der Waals surface area (Å²) < 4.78 is 24.7. The molecule has 0 radical (unpaired) electrons. The highest BCUT2D eigenvalue weighted by atomic mass is 32.2. The molecule has 2 aliphatic carbocycles. The average Bonchev–Trinajstić information content (AvgIpc) is 2.56. The maximum absolute atomic E-state index is 12.8. The van der Waals surface area contributed by atoms with Crippen molar-refractivity contribution in [1.82, 2.24) is 10.6 Å². The number of carbonyl (C=O) groups excluding carboxylic acids is 2. The van der Waals surface area contributed by atoms with Crippen LogP contribution in [0.5, 0.6) is 0 Å². The van der Waals surface area contributed by atoms with E-state index < -0.39 is 20.0 Å². The number of carbonyl (C=O) groups is 2. The fraction of sp³-hybridized carbons (Fsp3) is 0.800. The molecule has 1 unspecified atom stereocenters. The summed E-state index contributed by atoms with van der Waals surface area (Å²) in [5, 5.41) is 5.97. The van der Waals surface area contributed by atoms with E-state index in [1.165, 1.54) is 0 Å². The molecule has 2 N–H and O–H groups in total. The van der Waals surface area contributed by atoms with Crippen molar-refractivity contribution in [2.45, 2.75) is 75.5 Å². The topological polar surface area (TPSA) is 92.3 Å². The second-order valence-electron chi connectivity index (χ2n) is 8.61. The van der Waals surface area contributed by atoms with Crippen molar-refractivity contribution in [2.24, 2.45) is 11.3 Å². The van der Waals surface area contributed by atoms with Crippen molar-refractivity contribution in [3.05, 3.63) is 0 Å². The van der Waals surface area contributed by atoms with Gasteiger partial charge in [-0.3, -0.25) is 9.59 Å². The number of sulfone groups is 1. The van der Waals surface area contributed by atoms with Crippen molar-refractivity contribution in [3.8, 4) is 12.3 Å². The Kier molecular flexibility index (Phi) is 5.58. The minimum Gasteiger partial charge on any atom is -0.356 e. The Labute approximate surface area is 162 Å². The Balaban J connectivity index is 1.59. The van der Waals surface area contributed by atoms with Crippen molar-refractivity contribution < 1.29 is 18.0 Å². The van der Waals surface area contributed by atoms with Gasteiger partial charge in [0.05, 0.1) is 15.9 Å². The SMILES string of the molecule is C#CCC1(C(=O)NC2CCS(=O)(=O)C3(CC(CNC(=O)CC)C3)C2)CCC1. The van der Waals surface area contributed by atoms with E-state index in [1.54, 1.807) is 6.92 Å². The van der Waals surface area contributed by atoms with E-state index in [9.17, 15) is 18.0 Å². The molecule has 3 fully saturated rings. The zero-order chi connectivity index (χ0) is 19.7. The van der Waals surface area contributed by atoms with Crippen molar-refractivity contribution in [2.75, 3.05) is 12.3 Å². The van der Waals surface area contributed by atoms with Crippen molar-refractivity contribution in [1.29, 1.82) is 0 Å². The van der Waals surface area contributed by atoms with Crippen LogP contribution in [0.25, 0.3) is 0 Å². The quantitative estimate of drug-likeness (QED) is 0.669. The lowest BCUT2D eigenvalue weighted by atomic mass is 9.65. The highest BCUT2D eigenvalue weighted by molar-refractivity contribution is 7.92. The minimum atomic E-state index is -3.17. The molecule has 1 spiro atoms. The predicted octanol–water partition coefficient (Wildman–Crippen LogP) is 1.55. The van der Waals surface area contributed by atoms with Gasteiger partial charge in [0.1, 0.15) is 0 Å². The van der Waals surface area contributed by atoms with Crippen molar-refractivity contribution >= 4 is 21.7 Å². The summed E-state index contributed by atoms with van der Waals surface area (Å²) >= 11 is 0. The average molecular weight is 395 g/mol. The Morgan fingerprint density at radius 2 is 1.93 bits per heavy atom. The normalized spacial score (nSPS) is 33.2. The Hall–Kier alpha value is -1.55. The number of terminal acetylenes is 1. The molecular weight excluding hydrogens is 364 g/mol. The molecule has 1 aliphatic heterocycles. The Morgan fingerprint density at radius 3 is 2.48 bits per heavy atom. The monoisotopic (exact) mass is 394 g/mol. The third-order valence-electron chi connectivity index (χ3n) is 6.81. The first-order valence-corrected chi connectivity index (χ1v) is 11.6. The van der Waals surface area contributed by atoms with Gasteiger partial charge in [0.2, 0.25) is 11.8 Å². The highest BCUT2D eigenvalue weighted by Gasteiger charge is 2.57. The summed E-state index contributed by atoms with van der Waals surface area (Å²) in [7, 11) is -3.17. The first-order valence-electron chi connectivity index (χ1n) is 9.99. The fourth-order valence-corrected chi connectivity index (χ4v) is 7.34. The first kappa shape index (κ1) is 20.2. The lowest BCUT2D eigenvalue weighted by Crippen LogP contribution is -2.61. The molecule has 150 valence electrons. The standard InChI is InChI=1S/C20H30N2O4S/c1-3-7-19(8-5-9-19)18(24)22-16-6-10-27(25,26)20(13-16)11-15(12-20)14-21-17(23)4-2/h1,15-16H,4-14H2,2H3,(H,21,23)(H,22,24). The van der Waals surface area contributed by atoms with Gasteiger partial charge in [-0.1, -0.05) is 13.3 Å². The van der Waals surface area contributed by atoms with Gasteiger partial charge in [0.15, 0.2) is 9.84 Å². The van der Waals surface area contributed by atoms with Crippen molar-refractivity contribution in [3.63, 3.8) is 0 Å². The Morgan fingerprint density at radius 1 is 1.22 bits per heavy atom. The van der Waals surface area contributed by atoms with Gasteiger partial charge in [-0.2, -0.15) is 0 Å². The van der Waals surface area contributed by atoms with Crippen LogP contribution in [-0.4, -0.2) is 43.3 Å². The molecule has 2 amide bonds. The van der Waals surface area contributed by atoms with Crippen LogP contribution in [0.15, 0.2) is 0 Å². The molecule has 3 aliphatic rings. The van der Waals surface area contributed by atoms with E-state index in [-0.39, 0.29) is 29.5 Å². The summed E-state index contributed by atoms with van der Waals surface area (Å²) in [4.78, 5) is 24.2. The van der Waals surface area contributed by atoms with Gasteiger partial charge in [-0.05, 0) is 44.4 Å². The molecule has 0 bridgehead atoms. The lowest BCUT2D eigenvalue weighted by molar-refractivity contribution is -0.136. The summed E-state index contributed by atoms with van der Waals surface area (Å²) in [6, 6.07) is -0.109.